The van der Waals surface area contributed by atoms with Gasteiger partial charge in [0.25, 0.3) is 0 Å². The van der Waals surface area contributed by atoms with Crippen LogP contribution >= 0.6 is 0 Å². The summed E-state index contributed by atoms with van der Waals surface area (Å²) in [5.41, 5.74) is 1.72. The van der Waals surface area contributed by atoms with Gasteiger partial charge < -0.3 is 15.3 Å². The van der Waals surface area contributed by atoms with E-state index in [0.29, 0.717) is 11.5 Å². The standard InChI is InChI=1S/C28H38O6/c1-21(15-18-25(19-26(29)30)20-27(31)32)13-11-9-7-5-6-8-10-12-14-22(2)23(3)16-17-24(4)28(33)34/h6,8-12,15-19,21-22H,5,7,13-14,20H2,1-4H3,(H,29,30)(H,31,32)(H,33,34)/t21-,22+/m0/s1. The van der Waals surface area contributed by atoms with Crippen molar-refractivity contribution < 1.29 is 29.7 Å². The molecule has 3 N–H and O–H groups in total. The van der Waals surface area contributed by atoms with Gasteiger partial charge in [0.15, 0.2) is 0 Å². The van der Waals surface area contributed by atoms with E-state index in [-0.39, 0.29) is 17.9 Å². The normalized spacial score (nSPS) is 15.6. The van der Waals surface area contributed by atoms with Crippen LogP contribution in [0.2, 0.25) is 0 Å². The van der Waals surface area contributed by atoms with E-state index in [2.05, 4.69) is 31.2 Å². The van der Waals surface area contributed by atoms with Crippen molar-refractivity contribution in [3.8, 4) is 0 Å². The van der Waals surface area contributed by atoms with Crippen molar-refractivity contribution in [2.24, 2.45) is 11.8 Å². The zero-order chi connectivity index (χ0) is 25.9. The molecule has 0 aliphatic rings. The first-order valence-corrected chi connectivity index (χ1v) is 11.4. The van der Waals surface area contributed by atoms with Crippen LogP contribution in [0.5, 0.6) is 0 Å². The topological polar surface area (TPSA) is 112 Å². The molecule has 0 aromatic rings. The van der Waals surface area contributed by atoms with Gasteiger partial charge in [-0.1, -0.05) is 80.2 Å². The van der Waals surface area contributed by atoms with Gasteiger partial charge in [-0.3, -0.25) is 4.79 Å². The maximum atomic E-state index is 10.8. The molecule has 0 aromatic carbocycles. The van der Waals surface area contributed by atoms with Crippen molar-refractivity contribution >= 4 is 17.9 Å². The van der Waals surface area contributed by atoms with Crippen LogP contribution in [0.4, 0.5) is 0 Å². The molecule has 0 saturated heterocycles. The lowest BCUT2D eigenvalue weighted by Crippen LogP contribution is -1.99. The molecule has 186 valence electrons. The Labute approximate surface area is 203 Å². The molecule has 6 nitrogen and oxygen atoms in total. The maximum absolute atomic E-state index is 10.8. The van der Waals surface area contributed by atoms with E-state index in [1.807, 2.05) is 38.2 Å². The molecule has 2 atom stereocenters. The summed E-state index contributed by atoms with van der Waals surface area (Å²) in [5, 5.41) is 26.5. The molecule has 0 aliphatic carbocycles. The number of carbonyl (C=O) groups is 3. The monoisotopic (exact) mass is 470 g/mol. The Kier molecular flexibility index (Phi) is 16.3. The van der Waals surface area contributed by atoms with E-state index in [9.17, 15) is 14.4 Å². The molecule has 6 heteroatoms. The lowest BCUT2D eigenvalue weighted by Gasteiger charge is -2.08. The fourth-order valence-corrected chi connectivity index (χ4v) is 2.69. The molecule has 0 aromatic heterocycles. The average molecular weight is 471 g/mol. The van der Waals surface area contributed by atoms with Gasteiger partial charge in [-0.25, -0.2) is 9.59 Å². The predicted molar refractivity (Wildman–Crippen MR) is 136 cm³/mol. The van der Waals surface area contributed by atoms with Crippen molar-refractivity contribution in [3.63, 3.8) is 0 Å². The van der Waals surface area contributed by atoms with E-state index < -0.39 is 17.9 Å². The number of unbranched alkanes of at least 4 members (excludes halogenated alkanes) is 1. The van der Waals surface area contributed by atoms with Gasteiger partial charge in [-0.15, -0.1) is 0 Å². The molecule has 0 spiro atoms. The van der Waals surface area contributed by atoms with Crippen molar-refractivity contribution in [3.05, 3.63) is 83.6 Å². The molecular weight excluding hydrogens is 432 g/mol. The van der Waals surface area contributed by atoms with Crippen molar-refractivity contribution in [2.45, 2.75) is 59.8 Å². The second-order valence-corrected chi connectivity index (χ2v) is 8.31. The fraction of sp³-hybridized carbons (Fsp3) is 0.393. The number of allylic oxidation sites excluding steroid dienone is 11. The van der Waals surface area contributed by atoms with Crippen LogP contribution in [-0.4, -0.2) is 33.2 Å². The van der Waals surface area contributed by atoms with Gasteiger partial charge in [-0.2, -0.15) is 0 Å². The van der Waals surface area contributed by atoms with E-state index in [0.717, 1.165) is 37.3 Å². The Morgan fingerprint density at radius 3 is 2.09 bits per heavy atom. The molecule has 0 radical (unpaired) electrons. The highest BCUT2D eigenvalue weighted by Crippen LogP contribution is 2.15. The van der Waals surface area contributed by atoms with Crippen LogP contribution < -0.4 is 0 Å². The van der Waals surface area contributed by atoms with Gasteiger partial charge in [0.1, 0.15) is 0 Å². The lowest BCUT2D eigenvalue weighted by atomic mass is 9.98. The molecule has 0 rings (SSSR count). The highest BCUT2D eigenvalue weighted by Gasteiger charge is 2.04. The number of hydrogen-bond acceptors (Lipinski definition) is 3. The van der Waals surface area contributed by atoms with Crippen molar-refractivity contribution in [2.75, 3.05) is 0 Å². The molecule has 0 heterocycles. The van der Waals surface area contributed by atoms with Crippen molar-refractivity contribution in [1.29, 1.82) is 0 Å². The first kappa shape index (κ1) is 30.6. The summed E-state index contributed by atoms with van der Waals surface area (Å²) >= 11 is 0. The summed E-state index contributed by atoms with van der Waals surface area (Å²) in [6, 6.07) is 0. The van der Waals surface area contributed by atoms with Crippen molar-refractivity contribution in [1.82, 2.24) is 0 Å². The highest BCUT2D eigenvalue weighted by molar-refractivity contribution is 5.86. The first-order valence-electron chi connectivity index (χ1n) is 11.4. The Balaban J connectivity index is 4.30. The number of carboxylic acid groups (broad SMARTS) is 3. The Hall–Kier alpha value is -3.41. The highest BCUT2D eigenvalue weighted by atomic mass is 16.4. The first-order chi connectivity index (χ1) is 16.0. The van der Waals surface area contributed by atoms with Crippen LogP contribution in [0.1, 0.15) is 59.8 Å². The fourth-order valence-electron chi connectivity index (χ4n) is 2.69. The molecule has 0 aliphatic heterocycles. The minimum Gasteiger partial charge on any atom is -0.481 e. The summed E-state index contributed by atoms with van der Waals surface area (Å²) in [5.74, 6) is -2.61. The molecule has 0 amide bonds. The maximum Gasteiger partial charge on any atom is 0.331 e. The summed E-state index contributed by atoms with van der Waals surface area (Å²) in [6.07, 6.45) is 23.5. The SMILES string of the molecule is CC(=CC=C(C)[C@H](C)CC=CC=CCCC=CC[C@H](C)C=CC(=CC(=O)O)CC(=O)O)C(=O)O. The van der Waals surface area contributed by atoms with Gasteiger partial charge in [-0.05, 0) is 56.9 Å². The molecule has 0 unspecified atom stereocenters. The number of carboxylic acids is 3. The number of aliphatic carboxylic acids is 3. The Morgan fingerprint density at radius 1 is 0.824 bits per heavy atom. The summed E-state index contributed by atoms with van der Waals surface area (Å²) in [7, 11) is 0. The van der Waals surface area contributed by atoms with Gasteiger partial charge in [0.2, 0.25) is 0 Å². The van der Waals surface area contributed by atoms with Crippen LogP contribution in [0.25, 0.3) is 0 Å². The predicted octanol–water partition coefficient (Wildman–Crippen LogP) is 6.51. The van der Waals surface area contributed by atoms with Gasteiger partial charge in [0, 0.05) is 11.6 Å². The average Bonchev–Trinajstić information content (AvgIpc) is 2.75. The Morgan fingerprint density at radius 2 is 1.47 bits per heavy atom. The quantitative estimate of drug-likeness (QED) is 0.103. The minimum atomic E-state index is -1.15. The molecular formula is C28H38O6. The Bertz CT molecular complexity index is 881. The van der Waals surface area contributed by atoms with Crippen LogP contribution in [-0.2, 0) is 14.4 Å². The van der Waals surface area contributed by atoms with Crippen LogP contribution in [0, 0.1) is 11.8 Å². The lowest BCUT2D eigenvalue weighted by molar-refractivity contribution is -0.136. The number of hydrogen-bond donors (Lipinski definition) is 3. The second kappa shape index (κ2) is 18.1. The third kappa shape index (κ3) is 17.2. The molecule has 0 fully saturated rings. The van der Waals surface area contributed by atoms with E-state index in [1.54, 1.807) is 19.1 Å². The summed E-state index contributed by atoms with van der Waals surface area (Å²) < 4.78 is 0. The number of rotatable bonds is 16. The molecule has 0 bridgehead atoms. The third-order valence-electron chi connectivity index (χ3n) is 5.06. The minimum absolute atomic E-state index is 0.170. The largest absolute Gasteiger partial charge is 0.481 e. The van der Waals surface area contributed by atoms with Gasteiger partial charge >= 0.3 is 17.9 Å². The molecule has 0 saturated carbocycles. The zero-order valence-corrected chi connectivity index (χ0v) is 20.6. The van der Waals surface area contributed by atoms with Crippen LogP contribution in [0.15, 0.2) is 83.6 Å². The molecule has 34 heavy (non-hydrogen) atoms. The van der Waals surface area contributed by atoms with Crippen LogP contribution in [0.3, 0.4) is 0 Å². The van der Waals surface area contributed by atoms with Gasteiger partial charge in [0.05, 0.1) is 6.42 Å². The summed E-state index contributed by atoms with van der Waals surface area (Å²) in [6.45, 7) is 7.69. The van der Waals surface area contributed by atoms with E-state index in [4.69, 9.17) is 15.3 Å². The second-order valence-electron chi connectivity index (χ2n) is 8.31. The third-order valence-corrected chi connectivity index (χ3v) is 5.06. The zero-order valence-electron chi connectivity index (χ0n) is 20.6. The van der Waals surface area contributed by atoms with E-state index in [1.165, 1.54) is 0 Å². The smallest absolute Gasteiger partial charge is 0.331 e. The summed E-state index contributed by atoms with van der Waals surface area (Å²) in [4.78, 5) is 32.4. The van der Waals surface area contributed by atoms with E-state index >= 15 is 0 Å².